The molecule has 0 spiro atoms. The molecule has 106 valence electrons. The van der Waals surface area contributed by atoms with Crippen LogP contribution in [0.1, 0.15) is 33.7 Å². The van der Waals surface area contributed by atoms with Gasteiger partial charge >= 0.3 is 5.97 Å². The zero-order chi connectivity index (χ0) is 14.5. The number of aromatic carboxylic acids is 1. The number of nitrogens with zero attached hydrogens (tertiary/aromatic N) is 1. The minimum absolute atomic E-state index is 0.0262. The second-order valence-corrected chi connectivity index (χ2v) is 4.56. The van der Waals surface area contributed by atoms with Crippen LogP contribution in [0.4, 0.5) is 0 Å². The summed E-state index contributed by atoms with van der Waals surface area (Å²) in [5, 5.41) is 14.0. The van der Waals surface area contributed by atoms with Crippen LogP contribution in [0.3, 0.4) is 0 Å². The molecular formula is C13H15N3O4. The molecule has 1 aromatic rings. The molecule has 1 aromatic heterocycles. The molecule has 1 aliphatic rings. The Kier molecular flexibility index (Phi) is 4.29. The SMILES string of the molecule is O=C(O)c1ccc(C(=O)NCCNC(=O)C2CC2)nc1. The van der Waals surface area contributed by atoms with Crippen molar-refractivity contribution in [1.82, 2.24) is 15.6 Å². The number of carbonyl (C=O) groups excluding carboxylic acids is 2. The summed E-state index contributed by atoms with van der Waals surface area (Å²) in [6.45, 7) is 0.675. The Hall–Kier alpha value is -2.44. The summed E-state index contributed by atoms with van der Waals surface area (Å²) in [7, 11) is 0. The Morgan fingerprint density at radius 3 is 2.45 bits per heavy atom. The predicted octanol–water partition coefficient (Wildman–Crippen LogP) is 0.0358. The van der Waals surface area contributed by atoms with Crippen LogP contribution < -0.4 is 10.6 Å². The number of nitrogens with one attached hydrogen (secondary N) is 2. The van der Waals surface area contributed by atoms with Gasteiger partial charge in [-0.3, -0.25) is 14.6 Å². The lowest BCUT2D eigenvalue weighted by molar-refractivity contribution is -0.122. The third kappa shape index (κ3) is 3.78. The Bertz CT molecular complexity index is 523. The van der Waals surface area contributed by atoms with Gasteiger partial charge in [0.2, 0.25) is 5.91 Å². The molecule has 0 aliphatic heterocycles. The fourth-order valence-electron chi connectivity index (χ4n) is 1.60. The van der Waals surface area contributed by atoms with E-state index in [1.54, 1.807) is 0 Å². The zero-order valence-corrected chi connectivity index (χ0v) is 10.8. The number of carboxylic acid groups (broad SMARTS) is 1. The highest BCUT2D eigenvalue weighted by atomic mass is 16.4. The number of pyridine rings is 1. The van der Waals surface area contributed by atoms with E-state index in [0.717, 1.165) is 19.0 Å². The molecule has 1 fully saturated rings. The van der Waals surface area contributed by atoms with Crippen molar-refractivity contribution in [3.63, 3.8) is 0 Å². The smallest absolute Gasteiger partial charge is 0.337 e. The van der Waals surface area contributed by atoms with Gasteiger partial charge in [-0.05, 0) is 25.0 Å². The number of carbonyl (C=O) groups is 3. The van der Waals surface area contributed by atoms with Crippen LogP contribution in [0, 0.1) is 5.92 Å². The van der Waals surface area contributed by atoms with E-state index in [1.165, 1.54) is 12.1 Å². The molecule has 1 saturated carbocycles. The van der Waals surface area contributed by atoms with E-state index in [9.17, 15) is 14.4 Å². The predicted molar refractivity (Wildman–Crippen MR) is 69.3 cm³/mol. The maximum Gasteiger partial charge on any atom is 0.337 e. The summed E-state index contributed by atoms with van der Waals surface area (Å²) in [6.07, 6.45) is 3.02. The van der Waals surface area contributed by atoms with Gasteiger partial charge in [0, 0.05) is 25.2 Å². The molecule has 0 bridgehead atoms. The molecule has 0 aromatic carbocycles. The normalized spacial score (nSPS) is 13.6. The van der Waals surface area contributed by atoms with Gasteiger partial charge < -0.3 is 15.7 Å². The third-order valence-electron chi connectivity index (χ3n) is 2.90. The first kappa shape index (κ1) is 14.0. The van der Waals surface area contributed by atoms with E-state index in [0.29, 0.717) is 13.1 Å². The Morgan fingerprint density at radius 2 is 1.90 bits per heavy atom. The first-order chi connectivity index (χ1) is 9.58. The summed E-state index contributed by atoms with van der Waals surface area (Å²) >= 11 is 0. The number of rotatable bonds is 6. The molecule has 7 nitrogen and oxygen atoms in total. The van der Waals surface area contributed by atoms with Gasteiger partial charge in [0.25, 0.3) is 5.91 Å². The topological polar surface area (TPSA) is 108 Å². The highest BCUT2D eigenvalue weighted by molar-refractivity contribution is 5.93. The Morgan fingerprint density at radius 1 is 1.20 bits per heavy atom. The van der Waals surface area contributed by atoms with Crippen LogP contribution in [0.5, 0.6) is 0 Å². The highest BCUT2D eigenvalue weighted by Crippen LogP contribution is 2.28. The first-order valence-electron chi connectivity index (χ1n) is 6.33. The molecule has 1 aliphatic carbocycles. The fraction of sp³-hybridized carbons (Fsp3) is 0.385. The van der Waals surface area contributed by atoms with Crippen molar-refractivity contribution < 1.29 is 19.5 Å². The van der Waals surface area contributed by atoms with Crippen molar-refractivity contribution >= 4 is 17.8 Å². The van der Waals surface area contributed by atoms with Crippen molar-refractivity contribution in [2.24, 2.45) is 5.92 Å². The average Bonchev–Trinajstić information content (AvgIpc) is 3.27. The van der Waals surface area contributed by atoms with Crippen molar-refractivity contribution in [2.75, 3.05) is 13.1 Å². The monoisotopic (exact) mass is 277 g/mol. The minimum Gasteiger partial charge on any atom is -0.478 e. The largest absolute Gasteiger partial charge is 0.478 e. The van der Waals surface area contributed by atoms with Crippen LogP contribution in [0.15, 0.2) is 18.3 Å². The first-order valence-corrected chi connectivity index (χ1v) is 6.33. The molecule has 1 heterocycles. The molecule has 20 heavy (non-hydrogen) atoms. The molecule has 3 N–H and O–H groups in total. The maximum absolute atomic E-state index is 11.7. The third-order valence-corrected chi connectivity index (χ3v) is 2.90. The molecule has 7 heteroatoms. The van der Waals surface area contributed by atoms with Gasteiger partial charge in [-0.1, -0.05) is 0 Å². The van der Waals surface area contributed by atoms with Gasteiger partial charge in [-0.2, -0.15) is 0 Å². The van der Waals surface area contributed by atoms with Crippen LogP contribution >= 0.6 is 0 Å². The van der Waals surface area contributed by atoms with Crippen LogP contribution in [-0.4, -0.2) is 41.0 Å². The molecule has 0 saturated heterocycles. The summed E-state index contributed by atoms with van der Waals surface area (Å²) < 4.78 is 0. The number of amides is 2. The number of hydrogen-bond acceptors (Lipinski definition) is 4. The van der Waals surface area contributed by atoms with Gasteiger partial charge in [0.1, 0.15) is 5.69 Å². The maximum atomic E-state index is 11.7. The van der Waals surface area contributed by atoms with Crippen molar-refractivity contribution in [3.05, 3.63) is 29.6 Å². The summed E-state index contributed by atoms with van der Waals surface area (Å²) in [4.78, 5) is 37.4. The second-order valence-electron chi connectivity index (χ2n) is 4.56. The van der Waals surface area contributed by atoms with Crippen LogP contribution in [0.25, 0.3) is 0 Å². The molecular weight excluding hydrogens is 262 g/mol. The lowest BCUT2D eigenvalue weighted by atomic mass is 10.2. The molecule has 2 amide bonds. The lowest BCUT2D eigenvalue weighted by Crippen LogP contribution is -2.35. The minimum atomic E-state index is -1.09. The molecule has 0 atom stereocenters. The fourth-order valence-corrected chi connectivity index (χ4v) is 1.60. The Labute approximate surface area is 115 Å². The summed E-state index contributed by atoms with van der Waals surface area (Å²) in [6, 6.07) is 2.67. The standard InChI is InChI=1S/C13H15N3O4/c17-11(8-1-2-8)14-5-6-15-12(18)10-4-3-9(7-16-10)13(19)20/h3-4,7-8H,1-2,5-6H2,(H,14,17)(H,15,18)(H,19,20). The van der Waals surface area contributed by atoms with E-state index in [-0.39, 0.29) is 23.1 Å². The van der Waals surface area contributed by atoms with E-state index in [4.69, 9.17) is 5.11 Å². The summed E-state index contributed by atoms with van der Waals surface area (Å²) in [5.41, 5.74) is 0.168. The van der Waals surface area contributed by atoms with Crippen LogP contribution in [-0.2, 0) is 4.79 Å². The van der Waals surface area contributed by atoms with E-state index < -0.39 is 11.9 Å². The van der Waals surface area contributed by atoms with Crippen molar-refractivity contribution in [1.29, 1.82) is 0 Å². The lowest BCUT2D eigenvalue weighted by Gasteiger charge is -2.06. The zero-order valence-electron chi connectivity index (χ0n) is 10.8. The second kappa shape index (κ2) is 6.14. The number of aromatic nitrogens is 1. The van der Waals surface area contributed by atoms with Gasteiger partial charge in [-0.15, -0.1) is 0 Å². The van der Waals surface area contributed by atoms with Crippen molar-refractivity contribution in [3.8, 4) is 0 Å². The number of hydrogen-bond donors (Lipinski definition) is 3. The average molecular weight is 277 g/mol. The van der Waals surface area contributed by atoms with E-state index in [1.807, 2.05) is 0 Å². The molecule has 2 rings (SSSR count). The Balaban J connectivity index is 1.73. The van der Waals surface area contributed by atoms with Gasteiger partial charge in [0.15, 0.2) is 0 Å². The highest BCUT2D eigenvalue weighted by Gasteiger charge is 2.28. The van der Waals surface area contributed by atoms with E-state index >= 15 is 0 Å². The molecule has 0 radical (unpaired) electrons. The quantitative estimate of drug-likeness (QED) is 0.636. The van der Waals surface area contributed by atoms with Crippen LogP contribution in [0.2, 0.25) is 0 Å². The number of carboxylic acids is 1. The summed E-state index contributed by atoms with van der Waals surface area (Å²) in [5.74, 6) is -1.31. The van der Waals surface area contributed by atoms with Gasteiger partial charge in [-0.25, -0.2) is 4.79 Å². The van der Waals surface area contributed by atoms with E-state index in [2.05, 4.69) is 15.6 Å². The van der Waals surface area contributed by atoms with Gasteiger partial charge in [0.05, 0.1) is 5.56 Å². The van der Waals surface area contributed by atoms with Crippen molar-refractivity contribution in [2.45, 2.75) is 12.8 Å². The molecule has 0 unspecified atom stereocenters.